The number of hydrogen-bond acceptors (Lipinski definition) is 3. The molecule has 0 aliphatic rings. The summed E-state index contributed by atoms with van der Waals surface area (Å²) in [6.07, 6.45) is 0. The smallest absolute Gasteiger partial charge is 0.193 e. The van der Waals surface area contributed by atoms with Gasteiger partial charge in [-0.25, -0.2) is 4.39 Å². The van der Waals surface area contributed by atoms with Gasteiger partial charge in [0.25, 0.3) is 0 Å². The van der Waals surface area contributed by atoms with Crippen LogP contribution in [0.3, 0.4) is 0 Å². The number of hydrogen-bond donors (Lipinski definition) is 1. The van der Waals surface area contributed by atoms with E-state index in [4.69, 9.17) is 4.74 Å². The molecule has 27 heavy (non-hydrogen) atoms. The predicted molar refractivity (Wildman–Crippen MR) is 109 cm³/mol. The highest BCUT2D eigenvalue weighted by Gasteiger charge is 2.16. The van der Waals surface area contributed by atoms with Gasteiger partial charge in [0.15, 0.2) is 5.96 Å². The van der Waals surface area contributed by atoms with Gasteiger partial charge < -0.3 is 19.9 Å². The van der Waals surface area contributed by atoms with Crippen LogP contribution >= 0.6 is 0 Å². The van der Waals surface area contributed by atoms with E-state index < -0.39 is 0 Å². The SMILES string of the molecule is CN=C(NCC(c1cccc(OC)c1)N(C)C)N(C)Cc1ccc(F)cc1. The lowest BCUT2D eigenvalue weighted by atomic mass is 10.1. The van der Waals surface area contributed by atoms with Crippen LogP contribution in [0.5, 0.6) is 5.75 Å². The van der Waals surface area contributed by atoms with E-state index in [9.17, 15) is 4.39 Å². The van der Waals surface area contributed by atoms with Crippen molar-refractivity contribution in [3.8, 4) is 5.75 Å². The third kappa shape index (κ3) is 5.96. The average molecular weight is 372 g/mol. The molecular weight excluding hydrogens is 343 g/mol. The second-order valence-electron chi connectivity index (χ2n) is 6.67. The Balaban J connectivity index is 2.04. The van der Waals surface area contributed by atoms with Crippen LogP contribution in [0.2, 0.25) is 0 Å². The summed E-state index contributed by atoms with van der Waals surface area (Å²) in [7, 11) is 9.51. The van der Waals surface area contributed by atoms with Gasteiger partial charge in [-0.15, -0.1) is 0 Å². The standard InChI is InChI=1S/C21H29FN4O/c1-23-21(26(4)15-16-9-11-18(22)12-10-16)24-14-20(25(2)3)17-7-6-8-19(13-17)27-5/h6-13,20H,14-15H2,1-5H3,(H,23,24). The third-order valence-corrected chi connectivity index (χ3v) is 4.46. The Morgan fingerprint density at radius 2 is 1.85 bits per heavy atom. The maximum Gasteiger partial charge on any atom is 0.193 e. The summed E-state index contributed by atoms with van der Waals surface area (Å²) in [6, 6.07) is 14.8. The topological polar surface area (TPSA) is 40.1 Å². The summed E-state index contributed by atoms with van der Waals surface area (Å²) in [5, 5.41) is 3.44. The number of nitrogens with zero attached hydrogens (tertiary/aromatic N) is 3. The number of ether oxygens (including phenoxy) is 1. The molecule has 0 aliphatic heterocycles. The van der Waals surface area contributed by atoms with Gasteiger partial charge in [0.05, 0.1) is 13.2 Å². The van der Waals surface area contributed by atoms with Crippen LogP contribution in [0, 0.1) is 5.82 Å². The molecule has 0 spiro atoms. The van der Waals surface area contributed by atoms with E-state index in [1.165, 1.54) is 17.7 Å². The highest BCUT2D eigenvalue weighted by molar-refractivity contribution is 5.79. The van der Waals surface area contributed by atoms with Crippen LogP contribution in [0.15, 0.2) is 53.5 Å². The monoisotopic (exact) mass is 372 g/mol. The fraction of sp³-hybridized carbons (Fsp3) is 0.381. The maximum absolute atomic E-state index is 13.1. The molecule has 0 aromatic heterocycles. The zero-order valence-electron chi connectivity index (χ0n) is 16.7. The molecule has 0 saturated carbocycles. The van der Waals surface area contributed by atoms with Gasteiger partial charge in [0.1, 0.15) is 11.6 Å². The van der Waals surface area contributed by atoms with Crippen molar-refractivity contribution < 1.29 is 9.13 Å². The summed E-state index contributed by atoms with van der Waals surface area (Å²) in [5.41, 5.74) is 2.20. The second kappa shape index (κ2) is 9.92. The molecule has 2 aromatic rings. The molecule has 0 aliphatic carbocycles. The minimum Gasteiger partial charge on any atom is -0.497 e. The molecule has 1 atom stereocenters. The van der Waals surface area contributed by atoms with Crippen molar-refractivity contribution in [1.29, 1.82) is 0 Å². The minimum absolute atomic E-state index is 0.163. The molecule has 0 saturated heterocycles. The van der Waals surface area contributed by atoms with Crippen LogP contribution in [-0.2, 0) is 6.54 Å². The number of guanidine groups is 1. The summed E-state index contributed by atoms with van der Waals surface area (Å²) >= 11 is 0. The molecule has 0 fully saturated rings. The Hall–Kier alpha value is -2.60. The number of benzene rings is 2. The van der Waals surface area contributed by atoms with Crippen molar-refractivity contribution in [3.63, 3.8) is 0 Å². The van der Waals surface area contributed by atoms with Gasteiger partial charge in [-0.05, 0) is 49.5 Å². The highest BCUT2D eigenvalue weighted by Crippen LogP contribution is 2.22. The molecule has 6 heteroatoms. The number of aliphatic imine (C=N–C) groups is 1. The number of halogens is 1. The van der Waals surface area contributed by atoms with Gasteiger partial charge >= 0.3 is 0 Å². The summed E-state index contributed by atoms with van der Waals surface area (Å²) in [4.78, 5) is 8.56. The zero-order chi connectivity index (χ0) is 19.8. The molecular formula is C21H29FN4O. The predicted octanol–water partition coefficient (Wildman–Crippen LogP) is 3.14. The van der Waals surface area contributed by atoms with Gasteiger partial charge in [0.2, 0.25) is 0 Å². The van der Waals surface area contributed by atoms with E-state index in [2.05, 4.69) is 41.4 Å². The Morgan fingerprint density at radius 1 is 1.15 bits per heavy atom. The fourth-order valence-corrected chi connectivity index (χ4v) is 2.96. The molecule has 0 radical (unpaired) electrons. The van der Waals surface area contributed by atoms with E-state index in [1.807, 2.05) is 24.1 Å². The molecule has 2 rings (SSSR count). The molecule has 1 N–H and O–H groups in total. The van der Waals surface area contributed by atoms with Crippen LogP contribution in [0.4, 0.5) is 4.39 Å². The van der Waals surface area contributed by atoms with Crippen molar-refractivity contribution in [2.75, 3.05) is 41.8 Å². The van der Waals surface area contributed by atoms with Crippen LogP contribution in [-0.4, -0.2) is 57.6 Å². The molecule has 1 unspecified atom stereocenters. The average Bonchev–Trinajstić information content (AvgIpc) is 2.66. The fourth-order valence-electron chi connectivity index (χ4n) is 2.96. The minimum atomic E-state index is -0.226. The van der Waals surface area contributed by atoms with Crippen molar-refractivity contribution in [3.05, 3.63) is 65.5 Å². The first-order chi connectivity index (χ1) is 12.9. The molecule has 2 aromatic carbocycles. The number of methoxy groups -OCH3 is 1. The van der Waals surface area contributed by atoms with E-state index >= 15 is 0 Å². The Kier molecular flexibility index (Phi) is 7.61. The first kappa shape index (κ1) is 20.7. The highest BCUT2D eigenvalue weighted by atomic mass is 19.1. The molecule has 0 heterocycles. The molecule has 146 valence electrons. The lowest BCUT2D eigenvalue weighted by Crippen LogP contribution is -2.42. The quantitative estimate of drug-likeness (QED) is 0.599. The maximum atomic E-state index is 13.1. The van der Waals surface area contributed by atoms with Gasteiger partial charge in [-0.3, -0.25) is 4.99 Å². The Labute approximate surface area is 161 Å². The largest absolute Gasteiger partial charge is 0.497 e. The lowest BCUT2D eigenvalue weighted by molar-refractivity contribution is 0.294. The van der Waals surface area contributed by atoms with Crippen molar-refractivity contribution >= 4 is 5.96 Å². The van der Waals surface area contributed by atoms with E-state index in [0.717, 1.165) is 17.3 Å². The normalized spacial score (nSPS) is 12.8. The molecule has 0 bridgehead atoms. The van der Waals surface area contributed by atoms with Crippen LogP contribution in [0.25, 0.3) is 0 Å². The van der Waals surface area contributed by atoms with E-state index in [-0.39, 0.29) is 11.9 Å². The van der Waals surface area contributed by atoms with Gasteiger partial charge in [-0.1, -0.05) is 24.3 Å². The number of likely N-dealkylation sites (N-methyl/N-ethyl adjacent to an activating group) is 1. The summed E-state index contributed by atoms with van der Waals surface area (Å²) in [5.74, 6) is 1.40. The molecule has 5 nitrogen and oxygen atoms in total. The van der Waals surface area contributed by atoms with E-state index in [0.29, 0.717) is 13.1 Å². The van der Waals surface area contributed by atoms with Crippen molar-refractivity contribution in [2.24, 2.45) is 4.99 Å². The van der Waals surface area contributed by atoms with Crippen LogP contribution in [0.1, 0.15) is 17.2 Å². The number of rotatable bonds is 7. The Morgan fingerprint density at radius 3 is 2.44 bits per heavy atom. The first-order valence-corrected chi connectivity index (χ1v) is 8.91. The third-order valence-electron chi connectivity index (χ3n) is 4.46. The Bertz CT molecular complexity index is 746. The van der Waals surface area contributed by atoms with Crippen molar-refractivity contribution in [2.45, 2.75) is 12.6 Å². The van der Waals surface area contributed by atoms with Crippen molar-refractivity contribution in [1.82, 2.24) is 15.1 Å². The summed E-state index contributed by atoms with van der Waals surface area (Å²) < 4.78 is 18.4. The van der Waals surface area contributed by atoms with Gasteiger partial charge in [0, 0.05) is 27.2 Å². The molecule has 0 amide bonds. The zero-order valence-corrected chi connectivity index (χ0v) is 16.7. The van der Waals surface area contributed by atoms with Crippen LogP contribution < -0.4 is 10.1 Å². The second-order valence-corrected chi connectivity index (χ2v) is 6.67. The number of nitrogens with one attached hydrogen (secondary N) is 1. The van der Waals surface area contributed by atoms with E-state index in [1.54, 1.807) is 26.3 Å². The first-order valence-electron chi connectivity index (χ1n) is 8.91. The summed E-state index contributed by atoms with van der Waals surface area (Å²) in [6.45, 7) is 1.34. The lowest BCUT2D eigenvalue weighted by Gasteiger charge is -2.28. The van der Waals surface area contributed by atoms with Gasteiger partial charge in [-0.2, -0.15) is 0 Å².